The topological polar surface area (TPSA) is 82.6 Å². The van der Waals surface area contributed by atoms with E-state index >= 15 is 0 Å². The second-order valence-corrected chi connectivity index (χ2v) is 12.0. The summed E-state index contributed by atoms with van der Waals surface area (Å²) in [4.78, 5) is 19.3. The maximum atomic E-state index is 12.8. The summed E-state index contributed by atoms with van der Waals surface area (Å²) >= 11 is 1.36. The molecule has 0 aromatic carbocycles. The zero-order valence-corrected chi connectivity index (χ0v) is 20.0. The SMILES string of the molecule is C[C@H]1[C@@H](C)CCC[C@H]1NC(=O)[C@H](C)Sc1ccc(S(=O)(=O)N2CCN(C)CC2)cn1. The molecule has 2 heterocycles. The summed E-state index contributed by atoms with van der Waals surface area (Å²) in [6.07, 6.45) is 4.82. The summed E-state index contributed by atoms with van der Waals surface area (Å²) in [5.41, 5.74) is 0. The number of hydrogen-bond donors (Lipinski definition) is 1. The maximum Gasteiger partial charge on any atom is 0.244 e. The number of sulfonamides is 1. The Morgan fingerprint density at radius 1 is 1.20 bits per heavy atom. The van der Waals surface area contributed by atoms with Gasteiger partial charge in [-0.05, 0) is 44.4 Å². The molecule has 1 amide bonds. The van der Waals surface area contributed by atoms with E-state index in [4.69, 9.17) is 0 Å². The van der Waals surface area contributed by atoms with E-state index in [-0.39, 0.29) is 22.1 Å². The van der Waals surface area contributed by atoms with Crippen LogP contribution in [0.2, 0.25) is 0 Å². The van der Waals surface area contributed by atoms with Crippen LogP contribution in [-0.2, 0) is 14.8 Å². The molecule has 2 aliphatic rings. The van der Waals surface area contributed by atoms with Crippen LogP contribution >= 0.6 is 11.8 Å². The third kappa shape index (κ3) is 5.55. The van der Waals surface area contributed by atoms with Gasteiger partial charge >= 0.3 is 0 Å². The molecule has 30 heavy (non-hydrogen) atoms. The van der Waals surface area contributed by atoms with Gasteiger partial charge in [0.25, 0.3) is 0 Å². The van der Waals surface area contributed by atoms with Crippen LogP contribution in [0.25, 0.3) is 0 Å². The van der Waals surface area contributed by atoms with Crippen LogP contribution in [0.15, 0.2) is 28.3 Å². The van der Waals surface area contributed by atoms with Gasteiger partial charge in [0, 0.05) is 38.4 Å². The average Bonchev–Trinajstić information content (AvgIpc) is 2.72. The summed E-state index contributed by atoms with van der Waals surface area (Å²) in [7, 11) is -1.53. The molecular formula is C21H34N4O3S2. The molecule has 3 rings (SSSR count). The van der Waals surface area contributed by atoms with Gasteiger partial charge in [-0.15, -0.1) is 0 Å². The van der Waals surface area contributed by atoms with Crippen LogP contribution in [0.3, 0.4) is 0 Å². The maximum absolute atomic E-state index is 12.8. The summed E-state index contributed by atoms with van der Waals surface area (Å²) in [6.45, 7) is 8.77. The number of nitrogens with zero attached hydrogens (tertiary/aromatic N) is 3. The minimum absolute atomic E-state index is 0.0156. The second-order valence-electron chi connectivity index (χ2n) is 8.68. The highest BCUT2D eigenvalue weighted by Gasteiger charge is 2.30. The smallest absolute Gasteiger partial charge is 0.244 e. The minimum Gasteiger partial charge on any atom is -0.352 e. The lowest BCUT2D eigenvalue weighted by molar-refractivity contribution is -0.121. The first-order chi connectivity index (χ1) is 14.2. The Hall–Kier alpha value is -1.16. The van der Waals surface area contributed by atoms with Crippen molar-refractivity contribution in [3.05, 3.63) is 18.3 Å². The van der Waals surface area contributed by atoms with E-state index in [9.17, 15) is 13.2 Å². The van der Waals surface area contributed by atoms with Gasteiger partial charge in [0.2, 0.25) is 15.9 Å². The van der Waals surface area contributed by atoms with Gasteiger partial charge in [-0.1, -0.05) is 38.5 Å². The molecule has 1 aliphatic carbocycles. The Labute approximate surface area is 185 Å². The number of thioether (sulfide) groups is 1. The number of aromatic nitrogens is 1. The summed E-state index contributed by atoms with van der Waals surface area (Å²) in [6, 6.07) is 3.52. The normalized spacial score (nSPS) is 27.5. The fraction of sp³-hybridized carbons (Fsp3) is 0.714. The van der Waals surface area contributed by atoms with Crippen molar-refractivity contribution in [2.24, 2.45) is 11.8 Å². The van der Waals surface area contributed by atoms with Crippen LogP contribution in [0.5, 0.6) is 0 Å². The molecule has 0 radical (unpaired) electrons. The Kier molecular flexibility index (Phi) is 7.81. The number of rotatable bonds is 6. The van der Waals surface area contributed by atoms with Gasteiger partial charge in [0.15, 0.2) is 0 Å². The van der Waals surface area contributed by atoms with Crippen LogP contribution in [0.4, 0.5) is 0 Å². The van der Waals surface area contributed by atoms with Gasteiger partial charge in [-0.3, -0.25) is 4.79 Å². The first kappa shape index (κ1) is 23.5. The zero-order chi connectivity index (χ0) is 21.9. The first-order valence-electron chi connectivity index (χ1n) is 10.8. The summed E-state index contributed by atoms with van der Waals surface area (Å²) in [5.74, 6) is 1.13. The van der Waals surface area contributed by atoms with E-state index in [1.54, 1.807) is 12.1 Å². The third-order valence-corrected chi connectivity index (χ3v) is 9.44. The molecule has 7 nitrogen and oxygen atoms in total. The number of carbonyl (C=O) groups excluding carboxylic acids is 1. The number of pyridine rings is 1. The monoisotopic (exact) mass is 454 g/mol. The van der Waals surface area contributed by atoms with E-state index in [1.165, 1.54) is 28.7 Å². The Bertz CT molecular complexity index is 823. The van der Waals surface area contributed by atoms with E-state index in [1.807, 2.05) is 14.0 Å². The van der Waals surface area contributed by atoms with E-state index in [0.29, 0.717) is 30.0 Å². The fourth-order valence-corrected chi connectivity index (χ4v) is 6.25. The summed E-state index contributed by atoms with van der Waals surface area (Å²) in [5, 5.41) is 3.57. The fourth-order valence-electron chi connectivity index (χ4n) is 4.09. The van der Waals surface area contributed by atoms with Crippen molar-refractivity contribution >= 4 is 27.7 Å². The van der Waals surface area contributed by atoms with Crippen molar-refractivity contribution in [3.63, 3.8) is 0 Å². The number of likely N-dealkylation sites (N-methyl/N-ethyl adjacent to an activating group) is 1. The average molecular weight is 455 g/mol. The number of nitrogens with one attached hydrogen (secondary N) is 1. The van der Waals surface area contributed by atoms with Gasteiger partial charge < -0.3 is 10.2 Å². The molecule has 1 aromatic heterocycles. The number of piperazine rings is 1. The predicted molar refractivity (Wildman–Crippen MR) is 120 cm³/mol. The highest BCUT2D eigenvalue weighted by Crippen LogP contribution is 2.30. The lowest BCUT2D eigenvalue weighted by Crippen LogP contribution is -2.47. The van der Waals surface area contributed by atoms with Crippen molar-refractivity contribution in [1.29, 1.82) is 0 Å². The number of hydrogen-bond acceptors (Lipinski definition) is 6. The number of carbonyl (C=O) groups is 1. The van der Waals surface area contributed by atoms with Crippen molar-refractivity contribution < 1.29 is 13.2 Å². The Balaban J connectivity index is 1.57. The van der Waals surface area contributed by atoms with E-state index in [2.05, 4.69) is 29.0 Å². The lowest BCUT2D eigenvalue weighted by Gasteiger charge is -2.35. The molecule has 2 fully saturated rings. The molecule has 1 aromatic rings. The van der Waals surface area contributed by atoms with Gasteiger partial charge in [-0.2, -0.15) is 4.31 Å². The van der Waals surface area contributed by atoms with Gasteiger partial charge in [0.1, 0.15) is 4.90 Å². The van der Waals surface area contributed by atoms with Crippen molar-refractivity contribution in [3.8, 4) is 0 Å². The number of amides is 1. The quantitative estimate of drug-likeness (QED) is 0.665. The molecule has 0 bridgehead atoms. The van der Waals surface area contributed by atoms with Crippen molar-refractivity contribution in [2.75, 3.05) is 33.2 Å². The Morgan fingerprint density at radius 3 is 2.53 bits per heavy atom. The molecule has 1 aliphatic heterocycles. The van der Waals surface area contributed by atoms with Crippen molar-refractivity contribution in [1.82, 2.24) is 19.5 Å². The van der Waals surface area contributed by atoms with Crippen LogP contribution in [0.1, 0.15) is 40.0 Å². The van der Waals surface area contributed by atoms with Crippen molar-refractivity contribution in [2.45, 2.75) is 61.2 Å². The van der Waals surface area contributed by atoms with Crippen LogP contribution in [-0.4, -0.2) is 73.0 Å². The molecule has 0 spiro atoms. The van der Waals surface area contributed by atoms with E-state index < -0.39 is 10.0 Å². The predicted octanol–water partition coefficient (Wildman–Crippen LogP) is 2.44. The zero-order valence-electron chi connectivity index (χ0n) is 18.4. The molecule has 168 valence electrons. The molecule has 1 saturated heterocycles. The molecule has 9 heteroatoms. The lowest BCUT2D eigenvalue weighted by atomic mass is 9.78. The van der Waals surface area contributed by atoms with Crippen LogP contribution in [0, 0.1) is 11.8 Å². The standard InChI is InChI=1S/C21H34N4O3S2/c1-15-6-5-7-19(16(15)2)23-21(26)17(3)29-20-9-8-18(14-22-20)30(27,28)25-12-10-24(4)11-13-25/h8-9,14-17,19H,5-7,10-13H2,1-4H3,(H,23,26)/t15-,16-,17-,19+/m0/s1. The molecule has 1 N–H and O–H groups in total. The molecule has 4 atom stereocenters. The van der Waals surface area contributed by atoms with Gasteiger partial charge in [-0.25, -0.2) is 13.4 Å². The molecule has 1 saturated carbocycles. The highest BCUT2D eigenvalue weighted by atomic mass is 32.2. The van der Waals surface area contributed by atoms with Crippen LogP contribution < -0.4 is 5.32 Å². The Morgan fingerprint density at radius 2 is 1.90 bits per heavy atom. The van der Waals surface area contributed by atoms with E-state index in [0.717, 1.165) is 25.9 Å². The summed E-state index contributed by atoms with van der Waals surface area (Å²) < 4.78 is 27.1. The second kappa shape index (κ2) is 9.97. The largest absolute Gasteiger partial charge is 0.352 e. The first-order valence-corrected chi connectivity index (χ1v) is 13.1. The molecular weight excluding hydrogens is 420 g/mol. The third-order valence-electron chi connectivity index (χ3n) is 6.51. The van der Waals surface area contributed by atoms with Gasteiger partial charge in [0.05, 0.1) is 10.3 Å². The minimum atomic E-state index is -3.52. The highest BCUT2D eigenvalue weighted by molar-refractivity contribution is 8.00. The molecule has 0 unspecified atom stereocenters.